The van der Waals surface area contributed by atoms with Crippen LogP contribution in [0.3, 0.4) is 0 Å². The molecule has 1 aromatic carbocycles. The normalized spacial score (nSPS) is 11.1. The molecule has 0 amide bonds. The van der Waals surface area contributed by atoms with Crippen LogP contribution in [0.4, 0.5) is 4.39 Å². The zero-order valence-electron chi connectivity index (χ0n) is 8.68. The molecule has 0 saturated heterocycles. The molecule has 0 aliphatic rings. The van der Waals surface area contributed by atoms with Crippen molar-refractivity contribution in [2.24, 2.45) is 0 Å². The number of benzene rings is 1. The Bertz CT molecular complexity index is 318. The lowest BCUT2D eigenvalue weighted by atomic mass is 10.1. The third kappa shape index (κ3) is 3.30. The summed E-state index contributed by atoms with van der Waals surface area (Å²) in [7, 11) is 1.90. The van der Waals surface area contributed by atoms with Gasteiger partial charge in [-0.25, -0.2) is 4.39 Å². The van der Waals surface area contributed by atoms with Crippen molar-refractivity contribution in [2.45, 2.75) is 13.3 Å². The second-order valence-corrected chi connectivity index (χ2v) is 3.32. The summed E-state index contributed by atoms with van der Waals surface area (Å²) in [6.07, 6.45) is 4.73. The molecule has 1 N–H and O–H groups in total. The van der Waals surface area contributed by atoms with Crippen molar-refractivity contribution in [1.82, 2.24) is 5.32 Å². The number of aryl methyl sites for hydroxylation is 1. The number of halogens is 1. The van der Waals surface area contributed by atoms with E-state index in [1.54, 1.807) is 6.07 Å². The van der Waals surface area contributed by atoms with Crippen LogP contribution in [0.2, 0.25) is 0 Å². The molecule has 2 heteroatoms. The van der Waals surface area contributed by atoms with E-state index in [4.69, 9.17) is 0 Å². The molecule has 0 fully saturated rings. The van der Waals surface area contributed by atoms with Gasteiger partial charge in [0.25, 0.3) is 0 Å². The van der Waals surface area contributed by atoms with Crippen LogP contribution in [0.5, 0.6) is 0 Å². The summed E-state index contributed by atoms with van der Waals surface area (Å²) in [5, 5.41) is 3.03. The molecular weight excluding hydrogens is 177 g/mol. The molecular formula is C12H16FN. The van der Waals surface area contributed by atoms with Gasteiger partial charge in [-0.3, -0.25) is 0 Å². The molecule has 0 aliphatic carbocycles. The number of rotatable bonds is 4. The Morgan fingerprint density at radius 3 is 2.93 bits per heavy atom. The predicted octanol–water partition coefficient (Wildman–Crippen LogP) is 2.76. The van der Waals surface area contributed by atoms with E-state index in [9.17, 15) is 4.39 Å². The van der Waals surface area contributed by atoms with Crippen molar-refractivity contribution in [3.8, 4) is 0 Å². The average molecular weight is 193 g/mol. The van der Waals surface area contributed by atoms with Crippen LogP contribution in [0.15, 0.2) is 24.3 Å². The summed E-state index contributed by atoms with van der Waals surface area (Å²) < 4.78 is 13.2. The molecule has 0 saturated carbocycles. The fraction of sp³-hybridized carbons (Fsp3) is 0.333. The maximum atomic E-state index is 13.2. The van der Waals surface area contributed by atoms with E-state index >= 15 is 0 Å². The molecule has 14 heavy (non-hydrogen) atoms. The number of hydrogen-bond donors (Lipinski definition) is 1. The van der Waals surface area contributed by atoms with Gasteiger partial charge in [0, 0.05) is 5.56 Å². The topological polar surface area (TPSA) is 12.0 Å². The Kier molecular flexibility index (Phi) is 4.33. The molecule has 0 aromatic heterocycles. The monoisotopic (exact) mass is 193 g/mol. The first-order chi connectivity index (χ1) is 6.74. The fourth-order valence-corrected chi connectivity index (χ4v) is 1.23. The van der Waals surface area contributed by atoms with E-state index in [1.165, 1.54) is 6.07 Å². The summed E-state index contributed by atoms with van der Waals surface area (Å²) in [4.78, 5) is 0. The highest BCUT2D eigenvalue weighted by atomic mass is 19.1. The quantitative estimate of drug-likeness (QED) is 0.725. The van der Waals surface area contributed by atoms with E-state index in [0.717, 1.165) is 18.5 Å². The van der Waals surface area contributed by atoms with Gasteiger partial charge in [-0.2, -0.15) is 0 Å². The standard InChI is InChI=1S/C12H16FN/c1-10-6-7-12(13)11(9-10)5-3-4-8-14-2/h3,5-7,9,14H,4,8H2,1-2H3. The summed E-state index contributed by atoms with van der Waals surface area (Å²) in [5.74, 6) is -0.156. The second-order valence-electron chi connectivity index (χ2n) is 3.32. The van der Waals surface area contributed by atoms with Gasteiger partial charge in [-0.15, -0.1) is 0 Å². The van der Waals surface area contributed by atoms with Crippen LogP contribution < -0.4 is 5.32 Å². The molecule has 0 spiro atoms. The smallest absolute Gasteiger partial charge is 0.130 e. The molecule has 76 valence electrons. The third-order valence-electron chi connectivity index (χ3n) is 2.01. The molecule has 0 bridgehead atoms. The summed E-state index contributed by atoms with van der Waals surface area (Å²) >= 11 is 0. The summed E-state index contributed by atoms with van der Waals surface area (Å²) in [5.41, 5.74) is 1.75. The van der Waals surface area contributed by atoms with Gasteiger partial charge in [0.1, 0.15) is 5.82 Å². The third-order valence-corrected chi connectivity index (χ3v) is 2.01. The molecule has 1 rings (SSSR count). The Balaban J connectivity index is 2.65. The van der Waals surface area contributed by atoms with E-state index in [-0.39, 0.29) is 5.82 Å². The van der Waals surface area contributed by atoms with Crippen molar-refractivity contribution in [3.05, 3.63) is 41.2 Å². The zero-order valence-corrected chi connectivity index (χ0v) is 8.68. The predicted molar refractivity (Wildman–Crippen MR) is 58.7 cm³/mol. The highest BCUT2D eigenvalue weighted by Crippen LogP contribution is 2.11. The van der Waals surface area contributed by atoms with Crippen molar-refractivity contribution < 1.29 is 4.39 Å². The van der Waals surface area contributed by atoms with E-state index in [2.05, 4.69) is 5.32 Å². The van der Waals surface area contributed by atoms with Crippen LogP contribution in [0, 0.1) is 12.7 Å². The first-order valence-corrected chi connectivity index (χ1v) is 4.81. The largest absolute Gasteiger partial charge is 0.319 e. The van der Waals surface area contributed by atoms with Gasteiger partial charge in [-0.1, -0.05) is 23.8 Å². The summed E-state index contributed by atoms with van der Waals surface area (Å²) in [6.45, 7) is 2.88. The first kappa shape index (κ1) is 10.9. The minimum absolute atomic E-state index is 0.156. The van der Waals surface area contributed by atoms with Crippen molar-refractivity contribution >= 4 is 6.08 Å². The minimum atomic E-state index is -0.156. The zero-order chi connectivity index (χ0) is 10.4. The highest BCUT2D eigenvalue weighted by Gasteiger charge is 1.96. The van der Waals surface area contributed by atoms with Crippen molar-refractivity contribution in [2.75, 3.05) is 13.6 Å². The summed E-state index contributed by atoms with van der Waals surface area (Å²) in [6, 6.07) is 5.14. The Morgan fingerprint density at radius 2 is 2.21 bits per heavy atom. The van der Waals surface area contributed by atoms with Gasteiger partial charge in [0.2, 0.25) is 0 Å². The average Bonchev–Trinajstić information content (AvgIpc) is 2.18. The molecule has 0 heterocycles. The van der Waals surface area contributed by atoms with Crippen LogP contribution in [-0.4, -0.2) is 13.6 Å². The molecule has 0 unspecified atom stereocenters. The van der Waals surface area contributed by atoms with Crippen LogP contribution in [-0.2, 0) is 0 Å². The fourth-order valence-electron chi connectivity index (χ4n) is 1.23. The number of nitrogens with one attached hydrogen (secondary N) is 1. The molecule has 0 atom stereocenters. The van der Waals surface area contributed by atoms with Crippen molar-refractivity contribution in [1.29, 1.82) is 0 Å². The van der Waals surface area contributed by atoms with Gasteiger partial charge in [0.05, 0.1) is 0 Å². The Hall–Kier alpha value is -1.15. The van der Waals surface area contributed by atoms with Crippen LogP contribution >= 0.6 is 0 Å². The lowest BCUT2D eigenvalue weighted by molar-refractivity contribution is 0.624. The van der Waals surface area contributed by atoms with E-state index in [0.29, 0.717) is 5.56 Å². The van der Waals surface area contributed by atoms with Crippen LogP contribution in [0.25, 0.3) is 6.08 Å². The van der Waals surface area contributed by atoms with Gasteiger partial charge < -0.3 is 5.32 Å². The Morgan fingerprint density at radius 1 is 1.43 bits per heavy atom. The van der Waals surface area contributed by atoms with E-state index in [1.807, 2.05) is 32.2 Å². The lowest BCUT2D eigenvalue weighted by Gasteiger charge is -1.98. The Labute approximate surface area is 84.6 Å². The minimum Gasteiger partial charge on any atom is -0.319 e. The highest BCUT2D eigenvalue weighted by molar-refractivity contribution is 5.51. The van der Waals surface area contributed by atoms with E-state index < -0.39 is 0 Å². The first-order valence-electron chi connectivity index (χ1n) is 4.81. The molecule has 1 nitrogen and oxygen atoms in total. The van der Waals surface area contributed by atoms with Gasteiger partial charge >= 0.3 is 0 Å². The molecule has 0 radical (unpaired) electrons. The van der Waals surface area contributed by atoms with Gasteiger partial charge in [0.15, 0.2) is 0 Å². The molecule has 0 aliphatic heterocycles. The molecule has 1 aromatic rings. The van der Waals surface area contributed by atoms with Gasteiger partial charge in [-0.05, 0) is 39.1 Å². The maximum absolute atomic E-state index is 13.2. The second kappa shape index (κ2) is 5.55. The van der Waals surface area contributed by atoms with Crippen LogP contribution in [0.1, 0.15) is 17.5 Å². The lowest BCUT2D eigenvalue weighted by Crippen LogP contribution is -2.05. The SMILES string of the molecule is CNCCC=Cc1cc(C)ccc1F. The number of hydrogen-bond acceptors (Lipinski definition) is 1. The maximum Gasteiger partial charge on any atom is 0.130 e. The van der Waals surface area contributed by atoms with Crippen molar-refractivity contribution in [3.63, 3.8) is 0 Å².